The Morgan fingerprint density at radius 3 is 2.23 bits per heavy atom. The quantitative estimate of drug-likeness (QED) is 0.582. The van der Waals surface area contributed by atoms with E-state index in [-0.39, 0.29) is 11.8 Å². The average molecular weight is 402 g/mol. The van der Waals surface area contributed by atoms with E-state index in [0.717, 1.165) is 23.1 Å². The van der Waals surface area contributed by atoms with Crippen LogP contribution < -0.4 is 5.32 Å². The predicted octanol–water partition coefficient (Wildman–Crippen LogP) is 4.27. The van der Waals surface area contributed by atoms with Gasteiger partial charge >= 0.3 is 0 Å². The number of nitrogens with one attached hydrogen (secondary N) is 1. The van der Waals surface area contributed by atoms with Gasteiger partial charge in [-0.3, -0.25) is 14.6 Å². The lowest BCUT2D eigenvalue weighted by molar-refractivity contribution is -0.141. The molecule has 0 fully saturated rings. The molecule has 1 heterocycles. The first-order valence-corrected chi connectivity index (χ1v) is 10.2. The zero-order valence-corrected chi connectivity index (χ0v) is 17.2. The Labute approximate surface area is 177 Å². The lowest BCUT2D eigenvalue weighted by atomic mass is 10.0. The molecule has 2 aromatic carbocycles. The highest BCUT2D eigenvalue weighted by Gasteiger charge is 2.30. The molecule has 0 aliphatic rings. The summed E-state index contributed by atoms with van der Waals surface area (Å²) in [6.07, 6.45) is 4.54. The van der Waals surface area contributed by atoms with Crippen LogP contribution in [0.5, 0.6) is 0 Å². The number of pyridine rings is 1. The second-order valence-electron chi connectivity index (χ2n) is 7.15. The van der Waals surface area contributed by atoms with Gasteiger partial charge in [0, 0.05) is 31.9 Å². The topological polar surface area (TPSA) is 62.3 Å². The molecular weight excluding hydrogens is 374 g/mol. The number of aromatic nitrogens is 1. The van der Waals surface area contributed by atoms with Gasteiger partial charge in [-0.15, -0.1) is 0 Å². The Bertz CT molecular complexity index is 930. The normalized spacial score (nSPS) is 11.5. The van der Waals surface area contributed by atoms with E-state index >= 15 is 0 Å². The first-order chi connectivity index (χ1) is 14.7. The van der Waals surface area contributed by atoms with E-state index in [4.69, 9.17) is 0 Å². The van der Waals surface area contributed by atoms with Crippen molar-refractivity contribution in [3.63, 3.8) is 0 Å². The van der Waals surface area contributed by atoms with Gasteiger partial charge in [0.15, 0.2) is 0 Å². The van der Waals surface area contributed by atoms with Crippen LogP contribution in [0.25, 0.3) is 0 Å². The minimum Gasteiger partial charge on any atom is -0.350 e. The van der Waals surface area contributed by atoms with Crippen LogP contribution in [0.4, 0.5) is 0 Å². The number of carbonyl (C=O) groups excluding carboxylic acids is 2. The molecule has 5 heteroatoms. The molecule has 1 N–H and O–H groups in total. The number of hydrogen-bond donors (Lipinski definition) is 1. The van der Waals surface area contributed by atoms with Crippen molar-refractivity contribution in [3.8, 4) is 0 Å². The lowest BCUT2D eigenvalue weighted by Gasteiger charge is -2.31. The molecule has 0 radical (unpaired) electrons. The minimum absolute atomic E-state index is 0.0354. The van der Waals surface area contributed by atoms with Crippen molar-refractivity contribution in [2.24, 2.45) is 0 Å². The number of rotatable bonds is 9. The average Bonchev–Trinajstić information content (AvgIpc) is 2.79. The summed E-state index contributed by atoms with van der Waals surface area (Å²) in [5, 5.41) is 2.99. The van der Waals surface area contributed by atoms with Crippen molar-refractivity contribution in [3.05, 3.63) is 102 Å². The maximum Gasteiger partial charge on any atom is 0.247 e. The van der Waals surface area contributed by atoms with Gasteiger partial charge in [-0.05, 0) is 29.2 Å². The summed E-state index contributed by atoms with van der Waals surface area (Å²) < 4.78 is 0. The maximum atomic E-state index is 13.3. The Morgan fingerprint density at radius 1 is 0.933 bits per heavy atom. The van der Waals surface area contributed by atoms with E-state index in [1.54, 1.807) is 17.3 Å². The first kappa shape index (κ1) is 21.2. The van der Waals surface area contributed by atoms with Crippen molar-refractivity contribution in [1.29, 1.82) is 0 Å². The monoisotopic (exact) mass is 401 g/mol. The van der Waals surface area contributed by atoms with Crippen LogP contribution in [-0.4, -0.2) is 21.7 Å². The van der Waals surface area contributed by atoms with Crippen molar-refractivity contribution in [2.45, 2.75) is 38.9 Å². The first-order valence-electron chi connectivity index (χ1n) is 10.2. The van der Waals surface area contributed by atoms with E-state index in [9.17, 15) is 9.59 Å². The van der Waals surface area contributed by atoms with Crippen LogP contribution in [0.3, 0.4) is 0 Å². The van der Waals surface area contributed by atoms with Gasteiger partial charge in [-0.25, -0.2) is 0 Å². The Hall–Kier alpha value is -3.47. The fourth-order valence-electron chi connectivity index (χ4n) is 3.36. The molecule has 154 valence electrons. The third-order valence-electron chi connectivity index (χ3n) is 4.84. The second kappa shape index (κ2) is 10.9. The lowest BCUT2D eigenvalue weighted by Crippen LogP contribution is -2.43. The van der Waals surface area contributed by atoms with Gasteiger partial charge in [0.1, 0.15) is 6.04 Å². The summed E-state index contributed by atoms with van der Waals surface area (Å²) in [5.41, 5.74) is 2.69. The zero-order chi connectivity index (χ0) is 21.2. The number of amides is 2. The third-order valence-corrected chi connectivity index (χ3v) is 4.84. The highest BCUT2D eigenvalue weighted by molar-refractivity contribution is 5.88. The number of nitrogens with zero attached hydrogens (tertiary/aromatic N) is 2. The number of benzene rings is 2. The molecule has 0 bridgehead atoms. The van der Waals surface area contributed by atoms with Gasteiger partial charge in [0.2, 0.25) is 11.8 Å². The zero-order valence-electron chi connectivity index (χ0n) is 17.2. The maximum absolute atomic E-state index is 13.3. The molecule has 1 atom stereocenters. The summed E-state index contributed by atoms with van der Waals surface area (Å²) in [5.74, 6) is -0.239. The van der Waals surface area contributed by atoms with Crippen LogP contribution in [0.15, 0.2) is 85.2 Å². The van der Waals surface area contributed by atoms with Gasteiger partial charge in [-0.1, -0.05) is 73.7 Å². The highest BCUT2D eigenvalue weighted by Crippen LogP contribution is 2.25. The van der Waals surface area contributed by atoms with Crippen LogP contribution >= 0.6 is 0 Å². The van der Waals surface area contributed by atoms with E-state index in [2.05, 4.69) is 10.3 Å². The summed E-state index contributed by atoms with van der Waals surface area (Å²) in [6.45, 7) is 2.70. The predicted molar refractivity (Wildman–Crippen MR) is 117 cm³/mol. The van der Waals surface area contributed by atoms with Crippen LogP contribution in [0.1, 0.15) is 42.5 Å². The summed E-state index contributed by atoms with van der Waals surface area (Å²) in [6, 6.07) is 22.3. The molecule has 0 saturated heterocycles. The number of hydrogen-bond acceptors (Lipinski definition) is 3. The molecule has 3 aromatic rings. The Morgan fingerprint density at radius 2 is 1.60 bits per heavy atom. The smallest absolute Gasteiger partial charge is 0.247 e. The molecule has 2 amide bonds. The standard InChI is InChI=1S/C25H27N3O2/c1-2-10-23(29)28(19-20-11-5-3-6-12-20)24(22-14-7-4-8-15-22)25(30)27-18-21-13-9-16-26-17-21/h3-9,11-17,24H,2,10,18-19H2,1H3,(H,27,30). The van der Waals surface area contributed by atoms with Gasteiger partial charge in [0.05, 0.1) is 0 Å². The van der Waals surface area contributed by atoms with E-state index < -0.39 is 6.04 Å². The fraction of sp³-hybridized carbons (Fsp3) is 0.240. The van der Waals surface area contributed by atoms with Gasteiger partial charge in [0.25, 0.3) is 0 Å². The van der Waals surface area contributed by atoms with Gasteiger partial charge in [-0.2, -0.15) is 0 Å². The van der Waals surface area contributed by atoms with E-state index in [0.29, 0.717) is 19.5 Å². The molecule has 0 spiro atoms. The van der Waals surface area contributed by atoms with E-state index in [1.807, 2.05) is 79.7 Å². The third kappa shape index (κ3) is 5.77. The second-order valence-corrected chi connectivity index (χ2v) is 7.15. The highest BCUT2D eigenvalue weighted by atomic mass is 16.2. The van der Waals surface area contributed by atoms with Crippen LogP contribution in [0, 0.1) is 0 Å². The Kier molecular flexibility index (Phi) is 7.72. The molecule has 0 saturated carbocycles. The molecule has 0 aliphatic carbocycles. The Balaban J connectivity index is 1.90. The minimum atomic E-state index is -0.706. The number of carbonyl (C=O) groups is 2. The largest absolute Gasteiger partial charge is 0.350 e. The van der Waals surface area contributed by atoms with Crippen LogP contribution in [0.2, 0.25) is 0 Å². The van der Waals surface area contributed by atoms with Crippen molar-refractivity contribution >= 4 is 11.8 Å². The SMILES string of the molecule is CCCC(=O)N(Cc1ccccc1)C(C(=O)NCc1cccnc1)c1ccccc1. The van der Waals surface area contributed by atoms with Crippen molar-refractivity contribution < 1.29 is 9.59 Å². The fourth-order valence-corrected chi connectivity index (χ4v) is 3.36. The van der Waals surface area contributed by atoms with Crippen LogP contribution in [-0.2, 0) is 22.7 Å². The molecule has 30 heavy (non-hydrogen) atoms. The molecule has 5 nitrogen and oxygen atoms in total. The summed E-state index contributed by atoms with van der Waals surface area (Å²) in [7, 11) is 0. The molecule has 1 unspecified atom stereocenters. The molecule has 1 aromatic heterocycles. The summed E-state index contributed by atoms with van der Waals surface area (Å²) >= 11 is 0. The summed E-state index contributed by atoms with van der Waals surface area (Å²) in [4.78, 5) is 32.2. The van der Waals surface area contributed by atoms with Gasteiger partial charge < -0.3 is 10.2 Å². The molecular formula is C25H27N3O2. The molecule has 0 aliphatic heterocycles. The van der Waals surface area contributed by atoms with E-state index in [1.165, 1.54) is 0 Å². The van der Waals surface area contributed by atoms with Crippen molar-refractivity contribution in [2.75, 3.05) is 0 Å². The van der Waals surface area contributed by atoms with Crippen molar-refractivity contribution in [1.82, 2.24) is 15.2 Å². The molecule has 3 rings (SSSR count).